The zero-order valence-electron chi connectivity index (χ0n) is 9.85. The summed E-state index contributed by atoms with van der Waals surface area (Å²) < 4.78 is 13.7. The van der Waals surface area contributed by atoms with E-state index in [1.54, 1.807) is 12.3 Å². The van der Waals surface area contributed by atoms with Crippen LogP contribution in [-0.4, -0.2) is 24.1 Å². The lowest BCUT2D eigenvalue weighted by atomic mass is 9.79. The first-order valence-corrected chi connectivity index (χ1v) is 6.35. The first-order valence-electron chi connectivity index (χ1n) is 6.35. The SMILES string of the molecule is NC1CC[C@@H]2CN(c3ncccc3F)C[C@@H]2C1. The molecule has 2 fully saturated rings. The van der Waals surface area contributed by atoms with Crippen LogP contribution in [0.3, 0.4) is 0 Å². The summed E-state index contributed by atoms with van der Waals surface area (Å²) in [6.45, 7) is 1.84. The number of hydrogen-bond donors (Lipinski definition) is 1. The monoisotopic (exact) mass is 235 g/mol. The number of nitrogens with two attached hydrogens (primary N) is 1. The smallest absolute Gasteiger partial charge is 0.165 e. The standard InChI is InChI=1S/C13H18FN3/c14-12-2-1-5-16-13(12)17-7-9-3-4-11(15)6-10(9)8-17/h1-2,5,9-11H,3-4,6-8,15H2/t9-,10+,11?/m1/s1. The van der Waals surface area contributed by atoms with Crippen molar-refractivity contribution in [2.24, 2.45) is 17.6 Å². The van der Waals surface area contributed by atoms with Gasteiger partial charge in [0.25, 0.3) is 0 Å². The maximum atomic E-state index is 13.7. The van der Waals surface area contributed by atoms with Crippen molar-refractivity contribution in [3.63, 3.8) is 0 Å². The van der Waals surface area contributed by atoms with Gasteiger partial charge in [0.1, 0.15) is 0 Å². The summed E-state index contributed by atoms with van der Waals surface area (Å²) in [5.41, 5.74) is 6.00. The lowest BCUT2D eigenvalue weighted by molar-refractivity contribution is 0.271. The molecule has 1 saturated heterocycles. The molecule has 4 heteroatoms. The molecular formula is C13H18FN3. The Kier molecular flexibility index (Phi) is 2.74. The van der Waals surface area contributed by atoms with E-state index < -0.39 is 0 Å². The van der Waals surface area contributed by atoms with E-state index in [0.717, 1.165) is 25.9 Å². The van der Waals surface area contributed by atoms with Crippen LogP contribution in [0.4, 0.5) is 10.2 Å². The van der Waals surface area contributed by atoms with Crippen molar-refractivity contribution >= 4 is 5.82 Å². The molecule has 0 bridgehead atoms. The predicted molar refractivity (Wildman–Crippen MR) is 65.2 cm³/mol. The highest BCUT2D eigenvalue weighted by Gasteiger charge is 2.37. The second-order valence-electron chi connectivity index (χ2n) is 5.31. The Morgan fingerprint density at radius 3 is 2.94 bits per heavy atom. The van der Waals surface area contributed by atoms with Gasteiger partial charge in [-0.15, -0.1) is 0 Å². The molecule has 1 aliphatic carbocycles. The van der Waals surface area contributed by atoms with Gasteiger partial charge in [-0.2, -0.15) is 0 Å². The number of nitrogens with zero attached hydrogens (tertiary/aromatic N) is 2. The van der Waals surface area contributed by atoms with Crippen molar-refractivity contribution in [3.8, 4) is 0 Å². The Labute approximate surface area is 101 Å². The second kappa shape index (κ2) is 4.26. The topological polar surface area (TPSA) is 42.1 Å². The second-order valence-corrected chi connectivity index (χ2v) is 5.31. The van der Waals surface area contributed by atoms with Crippen LogP contribution in [0.5, 0.6) is 0 Å². The van der Waals surface area contributed by atoms with Crippen molar-refractivity contribution in [3.05, 3.63) is 24.1 Å². The summed E-state index contributed by atoms with van der Waals surface area (Å²) in [7, 11) is 0. The van der Waals surface area contributed by atoms with Gasteiger partial charge in [0.2, 0.25) is 0 Å². The molecule has 1 unspecified atom stereocenters. The predicted octanol–water partition coefficient (Wildman–Crippen LogP) is 1.78. The van der Waals surface area contributed by atoms with Crippen LogP contribution in [0.1, 0.15) is 19.3 Å². The number of anilines is 1. The van der Waals surface area contributed by atoms with E-state index in [9.17, 15) is 4.39 Å². The first-order chi connectivity index (χ1) is 8.24. The Morgan fingerprint density at radius 1 is 1.29 bits per heavy atom. The summed E-state index contributed by atoms with van der Waals surface area (Å²) >= 11 is 0. The van der Waals surface area contributed by atoms with E-state index >= 15 is 0 Å². The molecule has 1 saturated carbocycles. The molecule has 2 heterocycles. The molecule has 0 radical (unpaired) electrons. The van der Waals surface area contributed by atoms with Crippen molar-refractivity contribution < 1.29 is 4.39 Å². The molecule has 17 heavy (non-hydrogen) atoms. The largest absolute Gasteiger partial charge is 0.354 e. The van der Waals surface area contributed by atoms with Gasteiger partial charge in [-0.25, -0.2) is 9.37 Å². The fraction of sp³-hybridized carbons (Fsp3) is 0.615. The Balaban J connectivity index is 1.78. The van der Waals surface area contributed by atoms with Gasteiger partial charge in [0, 0.05) is 25.3 Å². The van der Waals surface area contributed by atoms with Gasteiger partial charge in [-0.3, -0.25) is 0 Å². The molecule has 1 aliphatic heterocycles. The minimum atomic E-state index is -0.213. The summed E-state index contributed by atoms with van der Waals surface area (Å²) in [5.74, 6) is 1.60. The van der Waals surface area contributed by atoms with E-state index in [0.29, 0.717) is 23.7 Å². The van der Waals surface area contributed by atoms with Crippen LogP contribution in [0.15, 0.2) is 18.3 Å². The number of aromatic nitrogens is 1. The van der Waals surface area contributed by atoms with Gasteiger partial charge < -0.3 is 10.6 Å². The summed E-state index contributed by atoms with van der Waals surface area (Å²) in [6, 6.07) is 3.46. The Morgan fingerprint density at radius 2 is 2.12 bits per heavy atom. The van der Waals surface area contributed by atoms with Gasteiger partial charge in [-0.05, 0) is 43.2 Å². The maximum absolute atomic E-state index is 13.7. The van der Waals surface area contributed by atoms with E-state index in [-0.39, 0.29) is 5.82 Å². The van der Waals surface area contributed by atoms with E-state index in [1.807, 2.05) is 0 Å². The van der Waals surface area contributed by atoms with Crippen LogP contribution in [0.25, 0.3) is 0 Å². The third-order valence-corrected chi connectivity index (χ3v) is 4.13. The molecule has 3 nitrogen and oxygen atoms in total. The average Bonchev–Trinajstić information content (AvgIpc) is 2.72. The quantitative estimate of drug-likeness (QED) is 0.807. The minimum absolute atomic E-state index is 0.213. The summed E-state index contributed by atoms with van der Waals surface area (Å²) in [5, 5.41) is 0. The number of pyridine rings is 1. The normalized spacial score (nSPS) is 32.6. The molecule has 92 valence electrons. The van der Waals surface area contributed by atoms with Crippen LogP contribution >= 0.6 is 0 Å². The molecule has 2 aliphatic rings. The third-order valence-electron chi connectivity index (χ3n) is 4.13. The molecule has 1 aromatic heterocycles. The molecule has 3 atom stereocenters. The molecule has 0 aromatic carbocycles. The highest BCUT2D eigenvalue weighted by molar-refractivity contribution is 5.41. The summed E-state index contributed by atoms with van der Waals surface area (Å²) in [4.78, 5) is 6.24. The van der Waals surface area contributed by atoms with Crippen molar-refractivity contribution in [1.82, 2.24) is 4.98 Å². The van der Waals surface area contributed by atoms with Crippen LogP contribution < -0.4 is 10.6 Å². The van der Waals surface area contributed by atoms with Gasteiger partial charge in [-0.1, -0.05) is 0 Å². The van der Waals surface area contributed by atoms with Gasteiger partial charge >= 0.3 is 0 Å². The fourth-order valence-electron chi connectivity index (χ4n) is 3.25. The maximum Gasteiger partial charge on any atom is 0.165 e. The van der Waals surface area contributed by atoms with Crippen LogP contribution in [-0.2, 0) is 0 Å². The number of fused-ring (bicyclic) bond motifs is 1. The zero-order chi connectivity index (χ0) is 11.8. The number of halogens is 1. The zero-order valence-corrected chi connectivity index (χ0v) is 9.85. The molecule has 0 amide bonds. The van der Waals surface area contributed by atoms with Gasteiger partial charge in [0.15, 0.2) is 11.6 Å². The summed E-state index contributed by atoms with van der Waals surface area (Å²) in [6.07, 6.45) is 5.03. The highest BCUT2D eigenvalue weighted by Crippen LogP contribution is 2.37. The highest BCUT2D eigenvalue weighted by atomic mass is 19.1. The van der Waals surface area contributed by atoms with Crippen LogP contribution in [0, 0.1) is 17.7 Å². The molecule has 2 N–H and O–H groups in total. The average molecular weight is 235 g/mol. The van der Waals surface area contributed by atoms with E-state index in [4.69, 9.17) is 5.73 Å². The van der Waals surface area contributed by atoms with E-state index in [2.05, 4.69) is 9.88 Å². The van der Waals surface area contributed by atoms with E-state index in [1.165, 1.54) is 12.5 Å². The molecule has 3 rings (SSSR count). The van der Waals surface area contributed by atoms with Crippen molar-refractivity contribution in [2.75, 3.05) is 18.0 Å². The van der Waals surface area contributed by atoms with Crippen molar-refractivity contribution in [1.29, 1.82) is 0 Å². The van der Waals surface area contributed by atoms with Gasteiger partial charge in [0.05, 0.1) is 0 Å². The lowest BCUT2D eigenvalue weighted by Crippen LogP contribution is -2.32. The number of rotatable bonds is 1. The molecule has 0 spiro atoms. The van der Waals surface area contributed by atoms with Crippen molar-refractivity contribution in [2.45, 2.75) is 25.3 Å². The lowest BCUT2D eigenvalue weighted by Gasteiger charge is -2.27. The number of hydrogen-bond acceptors (Lipinski definition) is 3. The molecule has 1 aromatic rings. The fourth-order valence-corrected chi connectivity index (χ4v) is 3.25. The minimum Gasteiger partial charge on any atom is -0.354 e. The first kappa shape index (κ1) is 11.0. The third kappa shape index (κ3) is 2.02. The Bertz CT molecular complexity index is 409. The van der Waals surface area contributed by atoms with Crippen LogP contribution in [0.2, 0.25) is 0 Å². The Hall–Kier alpha value is -1.16. The molecular weight excluding hydrogens is 217 g/mol.